The van der Waals surface area contributed by atoms with Crippen molar-refractivity contribution in [1.82, 2.24) is 5.32 Å². The molecule has 0 fully saturated rings. The summed E-state index contributed by atoms with van der Waals surface area (Å²) in [4.78, 5) is 0. The van der Waals surface area contributed by atoms with E-state index in [4.69, 9.17) is 16.3 Å². The second-order valence-electron chi connectivity index (χ2n) is 2.84. The Hall–Kier alpha value is -0.800. The number of benzene rings is 1. The zero-order valence-electron chi connectivity index (χ0n) is 8.23. The highest BCUT2D eigenvalue weighted by Crippen LogP contribution is 2.26. The Kier molecular flexibility index (Phi) is 4.17. The van der Waals surface area contributed by atoms with Crippen molar-refractivity contribution in [2.75, 3.05) is 13.7 Å². The van der Waals surface area contributed by atoms with Gasteiger partial charge in [0.15, 0.2) is 0 Å². The minimum Gasteiger partial charge on any atom is -0.493 e. The van der Waals surface area contributed by atoms with E-state index in [2.05, 4.69) is 5.32 Å². The average molecular weight is 218 g/mol. The number of hydrogen-bond donors (Lipinski definition) is 1. The van der Waals surface area contributed by atoms with Gasteiger partial charge in [0.2, 0.25) is 0 Å². The summed E-state index contributed by atoms with van der Waals surface area (Å²) in [6.45, 7) is 2.97. The molecule has 1 N–H and O–H groups in total. The maximum Gasteiger partial charge on any atom is 0.142 e. The van der Waals surface area contributed by atoms with Crippen LogP contribution in [0.15, 0.2) is 12.1 Å². The van der Waals surface area contributed by atoms with Gasteiger partial charge in [0.1, 0.15) is 11.6 Å². The average Bonchev–Trinajstić information content (AvgIpc) is 2.14. The molecule has 1 rings (SSSR count). The van der Waals surface area contributed by atoms with Gasteiger partial charge in [-0.2, -0.15) is 0 Å². The van der Waals surface area contributed by atoms with Crippen LogP contribution in [0.3, 0.4) is 0 Å². The van der Waals surface area contributed by atoms with Crippen molar-refractivity contribution in [2.24, 2.45) is 0 Å². The Morgan fingerprint density at radius 3 is 2.79 bits per heavy atom. The van der Waals surface area contributed by atoms with Crippen molar-refractivity contribution < 1.29 is 9.13 Å². The topological polar surface area (TPSA) is 21.3 Å². The van der Waals surface area contributed by atoms with Gasteiger partial charge in [0, 0.05) is 18.2 Å². The highest BCUT2D eigenvalue weighted by atomic mass is 35.5. The number of hydrogen-bond acceptors (Lipinski definition) is 2. The molecule has 0 radical (unpaired) electrons. The minimum absolute atomic E-state index is 0.0910. The lowest BCUT2D eigenvalue weighted by Gasteiger charge is -2.10. The first kappa shape index (κ1) is 11.3. The van der Waals surface area contributed by atoms with Gasteiger partial charge >= 0.3 is 0 Å². The second kappa shape index (κ2) is 5.17. The van der Waals surface area contributed by atoms with Crippen molar-refractivity contribution in [2.45, 2.75) is 13.5 Å². The van der Waals surface area contributed by atoms with Crippen LogP contribution in [0.5, 0.6) is 5.75 Å². The first-order chi connectivity index (χ1) is 6.69. The van der Waals surface area contributed by atoms with Crippen molar-refractivity contribution >= 4 is 11.6 Å². The molecular weight excluding hydrogens is 205 g/mol. The van der Waals surface area contributed by atoms with Crippen LogP contribution in [0, 0.1) is 5.82 Å². The van der Waals surface area contributed by atoms with Gasteiger partial charge in [-0.3, -0.25) is 0 Å². The minimum atomic E-state index is -0.416. The van der Waals surface area contributed by atoms with E-state index in [1.165, 1.54) is 12.1 Å². The summed E-state index contributed by atoms with van der Waals surface area (Å²) < 4.78 is 18.4. The molecular formula is C10H13ClFNO. The molecule has 0 bridgehead atoms. The van der Waals surface area contributed by atoms with Gasteiger partial charge in [-0.1, -0.05) is 11.6 Å². The maximum atomic E-state index is 13.1. The third-order valence-electron chi connectivity index (χ3n) is 1.77. The van der Waals surface area contributed by atoms with Gasteiger partial charge in [0.25, 0.3) is 0 Å². The van der Waals surface area contributed by atoms with Gasteiger partial charge in [-0.25, -0.2) is 4.39 Å². The highest BCUT2D eigenvalue weighted by molar-refractivity contribution is 6.30. The third-order valence-corrected chi connectivity index (χ3v) is 2.06. The normalized spacial score (nSPS) is 10.3. The van der Waals surface area contributed by atoms with Gasteiger partial charge in [-0.15, -0.1) is 0 Å². The molecule has 14 heavy (non-hydrogen) atoms. The van der Waals surface area contributed by atoms with Gasteiger partial charge in [0.05, 0.1) is 11.6 Å². The zero-order valence-corrected chi connectivity index (χ0v) is 8.99. The van der Waals surface area contributed by atoms with E-state index in [1.54, 1.807) is 7.05 Å². The molecule has 1 aromatic rings. The largest absolute Gasteiger partial charge is 0.493 e. The molecule has 78 valence electrons. The van der Waals surface area contributed by atoms with Crippen LogP contribution in [0.2, 0.25) is 5.02 Å². The van der Waals surface area contributed by atoms with E-state index < -0.39 is 5.82 Å². The molecule has 0 unspecified atom stereocenters. The molecule has 0 atom stereocenters. The van der Waals surface area contributed by atoms with E-state index in [1.807, 2.05) is 6.92 Å². The van der Waals surface area contributed by atoms with Crippen molar-refractivity contribution in [3.05, 3.63) is 28.5 Å². The van der Waals surface area contributed by atoms with Crippen LogP contribution in [-0.2, 0) is 6.54 Å². The molecule has 2 nitrogen and oxygen atoms in total. The Balaban J connectivity index is 3.03. The highest BCUT2D eigenvalue weighted by Gasteiger charge is 2.08. The molecule has 0 aliphatic rings. The summed E-state index contributed by atoms with van der Waals surface area (Å²) in [5, 5.41) is 3.03. The monoisotopic (exact) mass is 217 g/mol. The SMILES string of the molecule is CCOc1cc(Cl)c(F)cc1CNC. The molecule has 1 aromatic carbocycles. The molecule has 4 heteroatoms. The fourth-order valence-corrected chi connectivity index (χ4v) is 1.34. The molecule has 0 saturated heterocycles. The molecule has 0 amide bonds. The Morgan fingerprint density at radius 1 is 1.50 bits per heavy atom. The Morgan fingerprint density at radius 2 is 2.21 bits per heavy atom. The standard InChI is InChI=1S/C10H13ClFNO/c1-3-14-10-5-8(11)9(12)4-7(10)6-13-2/h4-5,13H,3,6H2,1-2H3. The summed E-state index contributed by atoms with van der Waals surface area (Å²) in [5.41, 5.74) is 0.774. The van der Waals surface area contributed by atoms with Crippen molar-refractivity contribution in [1.29, 1.82) is 0 Å². The number of nitrogens with one attached hydrogen (secondary N) is 1. The van der Waals surface area contributed by atoms with E-state index in [9.17, 15) is 4.39 Å². The summed E-state index contributed by atoms with van der Waals surface area (Å²) in [7, 11) is 1.79. The van der Waals surface area contributed by atoms with E-state index in [0.29, 0.717) is 18.9 Å². The fourth-order valence-electron chi connectivity index (χ4n) is 1.19. The van der Waals surface area contributed by atoms with Crippen molar-refractivity contribution in [3.63, 3.8) is 0 Å². The van der Waals surface area contributed by atoms with Gasteiger partial charge in [-0.05, 0) is 20.0 Å². The first-order valence-corrected chi connectivity index (χ1v) is 4.82. The molecule has 0 spiro atoms. The van der Waals surface area contributed by atoms with Crippen molar-refractivity contribution in [3.8, 4) is 5.75 Å². The molecule has 0 aromatic heterocycles. The summed E-state index contributed by atoms with van der Waals surface area (Å²) >= 11 is 5.65. The lowest BCUT2D eigenvalue weighted by Crippen LogP contribution is -2.08. The maximum absolute atomic E-state index is 13.1. The molecule has 0 aliphatic heterocycles. The number of halogens is 2. The molecule has 0 saturated carbocycles. The van der Waals surface area contributed by atoms with Crippen LogP contribution in [0.25, 0.3) is 0 Å². The third kappa shape index (κ3) is 2.59. The fraction of sp³-hybridized carbons (Fsp3) is 0.400. The van der Waals surface area contributed by atoms with E-state index in [0.717, 1.165) is 5.56 Å². The zero-order chi connectivity index (χ0) is 10.6. The summed E-state index contributed by atoms with van der Waals surface area (Å²) in [6, 6.07) is 2.90. The van der Waals surface area contributed by atoms with E-state index >= 15 is 0 Å². The quantitative estimate of drug-likeness (QED) is 0.837. The second-order valence-corrected chi connectivity index (χ2v) is 3.24. The van der Waals surface area contributed by atoms with Crippen LogP contribution >= 0.6 is 11.6 Å². The number of rotatable bonds is 4. The lowest BCUT2D eigenvalue weighted by molar-refractivity contribution is 0.335. The lowest BCUT2D eigenvalue weighted by atomic mass is 10.2. The smallest absolute Gasteiger partial charge is 0.142 e. The van der Waals surface area contributed by atoms with E-state index in [-0.39, 0.29) is 5.02 Å². The van der Waals surface area contributed by atoms with Crippen LogP contribution < -0.4 is 10.1 Å². The number of ether oxygens (including phenoxy) is 1. The molecule has 0 heterocycles. The van der Waals surface area contributed by atoms with Crippen LogP contribution in [-0.4, -0.2) is 13.7 Å². The Bertz CT molecular complexity index is 286. The van der Waals surface area contributed by atoms with Crippen LogP contribution in [0.4, 0.5) is 4.39 Å². The summed E-state index contributed by atoms with van der Waals surface area (Å²) in [5.74, 6) is 0.216. The molecule has 0 aliphatic carbocycles. The first-order valence-electron chi connectivity index (χ1n) is 4.44. The van der Waals surface area contributed by atoms with Gasteiger partial charge < -0.3 is 10.1 Å². The predicted molar refractivity (Wildman–Crippen MR) is 55.3 cm³/mol. The predicted octanol–water partition coefficient (Wildman–Crippen LogP) is 2.60. The summed E-state index contributed by atoms with van der Waals surface area (Å²) in [6.07, 6.45) is 0. The van der Waals surface area contributed by atoms with Crippen LogP contribution in [0.1, 0.15) is 12.5 Å². The Labute approximate surface area is 88.0 Å².